The number of carbonyl (C=O) groups excluding carboxylic acids is 1. The summed E-state index contributed by atoms with van der Waals surface area (Å²) >= 11 is 0. The lowest BCUT2D eigenvalue weighted by Gasteiger charge is -2.37. The molecule has 2 atom stereocenters. The van der Waals surface area contributed by atoms with E-state index in [9.17, 15) is 15.0 Å². The molecule has 4 nitrogen and oxygen atoms in total. The van der Waals surface area contributed by atoms with Gasteiger partial charge in [-0.25, -0.2) is 0 Å². The molecule has 1 aliphatic rings. The van der Waals surface area contributed by atoms with Gasteiger partial charge in [-0.3, -0.25) is 4.79 Å². The number of fused-ring (bicyclic) bond motifs is 1. The summed E-state index contributed by atoms with van der Waals surface area (Å²) in [6, 6.07) is 4.61. The number of ketones is 1. The van der Waals surface area contributed by atoms with E-state index in [2.05, 4.69) is 0 Å². The first-order valence-corrected chi connectivity index (χ1v) is 5.17. The minimum absolute atomic E-state index is 0.0497. The molecule has 1 aromatic rings. The Hall–Kier alpha value is -1.39. The van der Waals surface area contributed by atoms with Crippen molar-refractivity contribution in [3.63, 3.8) is 0 Å². The normalized spacial score (nSPS) is 28.9. The second-order valence-corrected chi connectivity index (χ2v) is 4.35. The third-order valence-electron chi connectivity index (χ3n) is 3.31. The van der Waals surface area contributed by atoms with E-state index >= 15 is 0 Å². The van der Waals surface area contributed by atoms with Crippen LogP contribution in [0.5, 0.6) is 5.75 Å². The smallest absolute Gasteiger partial charge is 0.167 e. The van der Waals surface area contributed by atoms with E-state index in [1.54, 1.807) is 19.1 Å². The van der Waals surface area contributed by atoms with Crippen molar-refractivity contribution in [1.29, 1.82) is 0 Å². The van der Waals surface area contributed by atoms with Gasteiger partial charge in [0.15, 0.2) is 5.78 Å². The lowest BCUT2D eigenvalue weighted by atomic mass is 9.72. The van der Waals surface area contributed by atoms with Crippen molar-refractivity contribution < 1.29 is 20.1 Å². The van der Waals surface area contributed by atoms with Crippen molar-refractivity contribution in [2.24, 2.45) is 5.92 Å². The van der Waals surface area contributed by atoms with Crippen LogP contribution < -0.4 is 0 Å². The Morgan fingerprint density at radius 1 is 1.50 bits per heavy atom. The molecular weight excluding hydrogens is 208 g/mol. The first-order valence-electron chi connectivity index (χ1n) is 5.17. The van der Waals surface area contributed by atoms with Crippen molar-refractivity contribution in [2.45, 2.75) is 18.9 Å². The first-order chi connectivity index (χ1) is 7.48. The Bertz CT molecular complexity index is 437. The highest BCUT2D eigenvalue weighted by molar-refractivity contribution is 6.01. The van der Waals surface area contributed by atoms with E-state index in [0.29, 0.717) is 5.56 Å². The van der Waals surface area contributed by atoms with Crippen LogP contribution in [0.25, 0.3) is 0 Å². The fourth-order valence-electron chi connectivity index (χ4n) is 2.24. The molecule has 0 saturated heterocycles. The van der Waals surface area contributed by atoms with Crippen molar-refractivity contribution in [3.05, 3.63) is 29.3 Å². The summed E-state index contributed by atoms with van der Waals surface area (Å²) in [5, 5.41) is 29.1. The molecule has 0 saturated carbocycles. The summed E-state index contributed by atoms with van der Waals surface area (Å²) in [7, 11) is 0. The molecule has 0 amide bonds. The molecular formula is C12H14O4. The van der Waals surface area contributed by atoms with Gasteiger partial charge in [0, 0.05) is 18.9 Å². The molecule has 0 spiro atoms. The van der Waals surface area contributed by atoms with E-state index in [0.717, 1.165) is 0 Å². The van der Waals surface area contributed by atoms with E-state index in [1.165, 1.54) is 6.07 Å². The molecule has 16 heavy (non-hydrogen) atoms. The number of rotatable bonds is 1. The Labute approximate surface area is 93.2 Å². The third kappa shape index (κ3) is 1.42. The van der Waals surface area contributed by atoms with Crippen LogP contribution in [0.2, 0.25) is 0 Å². The molecule has 0 fully saturated rings. The van der Waals surface area contributed by atoms with Gasteiger partial charge in [0.1, 0.15) is 5.75 Å². The molecule has 1 aromatic carbocycles. The highest BCUT2D eigenvalue weighted by atomic mass is 16.3. The van der Waals surface area contributed by atoms with Crippen molar-refractivity contribution in [1.82, 2.24) is 0 Å². The molecule has 0 heterocycles. The minimum atomic E-state index is -1.28. The second-order valence-electron chi connectivity index (χ2n) is 4.35. The Morgan fingerprint density at radius 3 is 2.81 bits per heavy atom. The van der Waals surface area contributed by atoms with Crippen molar-refractivity contribution in [2.75, 3.05) is 6.61 Å². The molecule has 2 rings (SSSR count). The van der Waals surface area contributed by atoms with Crippen LogP contribution in [-0.2, 0) is 5.60 Å². The predicted molar refractivity (Wildman–Crippen MR) is 57.2 cm³/mol. The van der Waals surface area contributed by atoms with Gasteiger partial charge >= 0.3 is 0 Å². The zero-order chi connectivity index (χ0) is 11.9. The summed E-state index contributed by atoms with van der Waals surface area (Å²) < 4.78 is 0. The zero-order valence-corrected chi connectivity index (χ0v) is 8.97. The maximum Gasteiger partial charge on any atom is 0.167 e. The Balaban J connectivity index is 2.64. The van der Waals surface area contributed by atoms with Crippen molar-refractivity contribution >= 4 is 5.78 Å². The number of hydrogen-bond acceptors (Lipinski definition) is 4. The lowest BCUT2D eigenvalue weighted by molar-refractivity contribution is -0.0357. The number of phenols is 1. The quantitative estimate of drug-likeness (QED) is 0.656. The molecule has 2 unspecified atom stereocenters. The van der Waals surface area contributed by atoms with Gasteiger partial charge in [-0.2, -0.15) is 0 Å². The van der Waals surface area contributed by atoms with Crippen LogP contribution in [0, 0.1) is 5.92 Å². The summed E-state index contributed by atoms with van der Waals surface area (Å²) in [5.74, 6) is -0.868. The molecule has 1 aliphatic carbocycles. The predicted octanol–water partition coefficient (Wildman–Crippen LogP) is 0.795. The van der Waals surface area contributed by atoms with Gasteiger partial charge in [0.05, 0.1) is 11.2 Å². The molecule has 0 bridgehead atoms. The number of carbonyl (C=O) groups is 1. The number of aromatic hydroxyl groups is 1. The summed E-state index contributed by atoms with van der Waals surface area (Å²) in [6.45, 7) is 1.30. The maximum atomic E-state index is 11.8. The number of benzene rings is 1. The van der Waals surface area contributed by atoms with E-state index in [4.69, 9.17) is 5.11 Å². The second kappa shape index (κ2) is 3.57. The zero-order valence-electron chi connectivity index (χ0n) is 8.97. The Kier molecular flexibility index (Phi) is 2.48. The summed E-state index contributed by atoms with van der Waals surface area (Å²) in [4.78, 5) is 11.8. The van der Waals surface area contributed by atoms with Crippen molar-refractivity contribution in [3.8, 4) is 5.75 Å². The molecule has 3 N–H and O–H groups in total. The average Bonchev–Trinajstić information content (AvgIpc) is 2.23. The number of phenolic OH excluding ortho intramolecular Hbond substituents is 1. The largest absolute Gasteiger partial charge is 0.507 e. The molecule has 86 valence electrons. The molecule has 4 heteroatoms. The maximum absolute atomic E-state index is 11.8. The molecule has 0 radical (unpaired) electrons. The van der Waals surface area contributed by atoms with Gasteiger partial charge < -0.3 is 15.3 Å². The minimum Gasteiger partial charge on any atom is -0.507 e. The molecule has 0 aromatic heterocycles. The monoisotopic (exact) mass is 222 g/mol. The number of Topliss-reactive ketones (excluding diaryl/α,β-unsaturated/α-hetero) is 1. The number of aliphatic hydroxyl groups excluding tert-OH is 1. The lowest BCUT2D eigenvalue weighted by Crippen LogP contribution is -2.41. The van der Waals surface area contributed by atoms with Gasteiger partial charge in [-0.1, -0.05) is 12.1 Å². The standard InChI is InChI=1S/C12H14O4/c1-12(16)7(6-13)5-10(15)11-8(12)3-2-4-9(11)14/h2-4,7,13-14,16H,5-6H2,1H3. The average molecular weight is 222 g/mol. The van der Waals surface area contributed by atoms with Gasteiger partial charge in [0.2, 0.25) is 0 Å². The van der Waals surface area contributed by atoms with Crippen LogP contribution in [0.1, 0.15) is 29.3 Å². The third-order valence-corrected chi connectivity index (χ3v) is 3.31. The fourth-order valence-corrected chi connectivity index (χ4v) is 2.24. The highest BCUT2D eigenvalue weighted by Crippen LogP contribution is 2.41. The molecule has 0 aliphatic heterocycles. The Morgan fingerprint density at radius 2 is 2.19 bits per heavy atom. The van der Waals surface area contributed by atoms with Gasteiger partial charge in [0.25, 0.3) is 0 Å². The van der Waals surface area contributed by atoms with Gasteiger partial charge in [-0.05, 0) is 18.6 Å². The van der Waals surface area contributed by atoms with Crippen LogP contribution >= 0.6 is 0 Å². The van der Waals surface area contributed by atoms with E-state index in [-0.39, 0.29) is 30.1 Å². The number of hydrogen-bond donors (Lipinski definition) is 3. The highest BCUT2D eigenvalue weighted by Gasteiger charge is 2.42. The fraction of sp³-hybridized carbons (Fsp3) is 0.417. The van der Waals surface area contributed by atoms with E-state index in [1.807, 2.05) is 0 Å². The first kappa shape index (κ1) is 11.1. The summed E-state index contributed by atoms with van der Waals surface area (Å²) in [6.07, 6.45) is 0.0497. The summed E-state index contributed by atoms with van der Waals surface area (Å²) in [5.41, 5.74) is -0.712. The van der Waals surface area contributed by atoms with Gasteiger partial charge in [-0.15, -0.1) is 0 Å². The van der Waals surface area contributed by atoms with Crippen LogP contribution in [0.4, 0.5) is 0 Å². The van der Waals surface area contributed by atoms with Crippen LogP contribution in [-0.4, -0.2) is 27.7 Å². The van der Waals surface area contributed by atoms with Crippen LogP contribution in [0.3, 0.4) is 0 Å². The topological polar surface area (TPSA) is 77.8 Å². The van der Waals surface area contributed by atoms with Crippen LogP contribution in [0.15, 0.2) is 18.2 Å². The SMILES string of the molecule is CC1(O)c2cccc(O)c2C(=O)CC1CO. The van der Waals surface area contributed by atoms with E-state index < -0.39 is 11.5 Å². The number of aliphatic hydroxyl groups is 2.